The second-order valence-electron chi connectivity index (χ2n) is 10.4. The predicted octanol–water partition coefficient (Wildman–Crippen LogP) is 5.87. The Kier molecular flexibility index (Phi) is 6.67. The van der Waals surface area contributed by atoms with Crippen LogP contribution in [0.4, 0.5) is 14.9 Å². The number of amides is 2. The van der Waals surface area contributed by atoms with E-state index in [4.69, 9.17) is 4.98 Å². The molecule has 4 aromatic rings. The van der Waals surface area contributed by atoms with Crippen LogP contribution in [0, 0.1) is 19.7 Å². The molecule has 0 spiro atoms. The van der Waals surface area contributed by atoms with Gasteiger partial charge in [0.15, 0.2) is 0 Å². The van der Waals surface area contributed by atoms with Crippen molar-refractivity contribution < 1.29 is 14.3 Å². The SMILES string of the molecule is Cc1ncc(-c2nc(-c3ccccc3)c(NC(=O)N[C@@H]3c4cc(F)ccc4C(C)(C)C[C@H]3O)cc2C)cn1. The van der Waals surface area contributed by atoms with Crippen LogP contribution < -0.4 is 10.6 Å². The third kappa shape index (κ3) is 4.99. The smallest absolute Gasteiger partial charge is 0.319 e. The molecule has 2 heterocycles. The summed E-state index contributed by atoms with van der Waals surface area (Å²) in [6, 6.07) is 14.7. The van der Waals surface area contributed by atoms with Crippen molar-refractivity contribution >= 4 is 11.7 Å². The van der Waals surface area contributed by atoms with Crippen molar-refractivity contribution in [2.45, 2.75) is 51.7 Å². The van der Waals surface area contributed by atoms with E-state index in [9.17, 15) is 14.3 Å². The van der Waals surface area contributed by atoms with Crippen LogP contribution in [0.5, 0.6) is 0 Å². The first-order valence-corrected chi connectivity index (χ1v) is 12.5. The Bertz CT molecular complexity index is 1490. The molecule has 0 bridgehead atoms. The zero-order valence-corrected chi connectivity index (χ0v) is 21.8. The number of aliphatic hydroxyl groups excluding tert-OH is 1. The molecule has 2 atom stereocenters. The van der Waals surface area contributed by atoms with Gasteiger partial charge in [-0.15, -0.1) is 0 Å². The number of hydrogen-bond acceptors (Lipinski definition) is 5. The lowest BCUT2D eigenvalue weighted by Gasteiger charge is -2.40. The Balaban J connectivity index is 1.49. The van der Waals surface area contributed by atoms with Gasteiger partial charge in [0, 0.05) is 23.5 Å². The van der Waals surface area contributed by atoms with E-state index < -0.39 is 24.0 Å². The number of hydrogen-bond donors (Lipinski definition) is 3. The maximum Gasteiger partial charge on any atom is 0.319 e. The van der Waals surface area contributed by atoms with Crippen LogP contribution in [0.2, 0.25) is 0 Å². The number of carbonyl (C=O) groups excluding carboxylic acids is 1. The average molecular weight is 512 g/mol. The summed E-state index contributed by atoms with van der Waals surface area (Å²) in [5.74, 6) is 0.252. The first-order chi connectivity index (χ1) is 18.1. The molecule has 1 aliphatic rings. The molecular formula is C30H30FN5O2. The number of rotatable bonds is 4. The maximum atomic E-state index is 14.2. The van der Waals surface area contributed by atoms with Crippen molar-refractivity contribution in [1.82, 2.24) is 20.3 Å². The van der Waals surface area contributed by atoms with E-state index >= 15 is 0 Å². The zero-order chi connectivity index (χ0) is 27.0. The Morgan fingerprint density at radius 2 is 1.71 bits per heavy atom. The summed E-state index contributed by atoms with van der Waals surface area (Å²) in [5.41, 5.74) is 5.36. The van der Waals surface area contributed by atoms with Gasteiger partial charge in [0.2, 0.25) is 0 Å². The molecule has 0 fully saturated rings. The number of aryl methyl sites for hydroxylation is 2. The van der Waals surface area contributed by atoms with Gasteiger partial charge in [-0.25, -0.2) is 24.1 Å². The van der Waals surface area contributed by atoms with Crippen LogP contribution in [0.3, 0.4) is 0 Å². The van der Waals surface area contributed by atoms with Crippen LogP contribution in [-0.2, 0) is 5.41 Å². The quantitative estimate of drug-likeness (QED) is 0.318. The number of pyridine rings is 1. The van der Waals surface area contributed by atoms with Crippen LogP contribution in [0.1, 0.15) is 48.8 Å². The summed E-state index contributed by atoms with van der Waals surface area (Å²) in [6.45, 7) is 7.74. The van der Waals surface area contributed by atoms with E-state index in [1.54, 1.807) is 18.5 Å². The number of aliphatic hydroxyl groups is 1. The Hall–Kier alpha value is -4.17. The topological polar surface area (TPSA) is 100 Å². The van der Waals surface area contributed by atoms with Crippen molar-refractivity contribution in [3.8, 4) is 22.5 Å². The summed E-state index contributed by atoms with van der Waals surface area (Å²) < 4.78 is 14.2. The lowest BCUT2D eigenvalue weighted by atomic mass is 9.69. The fourth-order valence-electron chi connectivity index (χ4n) is 5.17. The van der Waals surface area contributed by atoms with Gasteiger partial charge in [0.1, 0.15) is 11.6 Å². The number of aromatic nitrogens is 3. The molecule has 0 aliphatic heterocycles. The Morgan fingerprint density at radius 3 is 2.42 bits per heavy atom. The number of nitrogens with zero attached hydrogens (tertiary/aromatic N) is 3. The molecule has 2 aromatic carbocycles. The molecule has 0 saturated heterocycles. The lowest BCUT2D eigenvalue weighted by molar-refractivity contribution is 0.0881. The molecule has 38 heavy (non-hydrogen) atoms. The van der Waals surface area contributed by atoms with E-state index in [0.29, 0.717) is 34.9 Å². The molecule has 7 nitrogen and oxygen atoms in total. The highest BCUT2D eigenvalue weighted by atomic mass is 19.1. The highest BCUT2D eigenvalue weighted by molar-refractivity contribution is 5.94. The average Bonchev–Trinajstić information content (AvgIpc) is 2.87. The van der Waals surface area contributed by atoms with E-state index in [0.717, 1.165) is 22.3 Å². The second kappa shape index (κ2) is 9.95. The molecule has 2 amide bonds. The van der Waals surface area contributed by atoms with Gasteiger partial charge in [-0.2, -0.15) is 0 Å². The van der Waals surface area contributed by atoms with Gasteiger partial charge < -0.3 is 15.7 Å². The monoisotopic (exact) mass is 511 g/mol. The first-order valence-electron chi connectivity index (χ1n) is 12.5. The molecule has 3 N–H and O–H groups in total. The van der Waals surface area contributed by atoms with E-state index in [1.807, 2.05) is 64.1 Å². The number of nitrogens with one attached hydrogen (secondary N) is 2. The van der Waals surface area contributed by atoms with Gasteiger partial charge in [-0.05, 0) is 60.6 Å². The summed E-state index contributed by atoms with van der Waals surface area (Å²) >= 11 is 0. The third-order valence-corrected chi connectivity index (χ3v) is 7.03. The third-order valence-electron chi connectivity index (χ3n) is 7.03. The van der Waals surface area contributed by atoms with Crippen molar-refractivity contribution in [1.29, 1.82) is 0 Å². The number of carbonyl (C=O) groups is 1. The number of anilines is 1. The van der Waals surface area contributed by atoms with Gasteiger partial charge in [-0.3, -0.25) is 0 Å². The summed E-state index contributed by atoms with van der Waals surface area (Å²) in [5, 5.41) is 16.7. The summed E-state index contributed by atoms with van der Waals surface area (Å²) in [7, 11) is 0. The molecule has 2 aromatic heterocycles. The van der Waals surface area contributed by atoms with Gasteiger partial charge >= 0.3 is 6.03 Å². The Labute approximate surface area is 221 Å². The highest BCUT2D eigenvalue weighted by Gasteiger charge is 2.39. The summed E-state index contributed by atoms with van der Waals surface area (Å²) in [6.07, 6.45) is 3.02. The van der Waals surface area contributed by atoms with Crippen molar-refractivity contribution in [2.24, 2.45) is 0 Å². The highest BCUT2D eigenvalue weighted by Crippen LogP contribution is 2.42. The number of halogens is 1. The van der Waals surface area contributed by atoms with Gasteiger partial charge in [0.25, 0.3) is 0 Å². The minimum absolute atomic E-state index is 0.353. The molecule has 0 saturated carbocycles. The van der Waals surface area contributed by atoms with Crippen molar-refractivity contribution in [3.63, 3.8) is 0 Å². The number of fused-ring (bicyclic) bond motifs is 1. The van der Waals surface area contributed by atoms with Crippen LogP contribution >= 0.6 is 0 Å². The standard InChI is InChI=1S/C30H30FN5O2/c1-17-12-24(27(19-8-6-5-7-9-19)35-26(17)20-15-32-18(2)33-16-20)34-29(38)36-28-22-13-21(31)10-11-23(22)30(3,4)14-25(28)37/h5-13,15-16,25,28,37H,14H2,1-4H3,(H2,34,36,38)/t25-,28-/m1/s1. The normalized spacial score (nSPS) is 17.9. The van der Waals surface area contributed by atoms with E-state index in [1.165, 1.54) is 12.1 Å². The zero-order valence-electron chi connectivity index (χ0n) is 21.8. The fraction of sp³-hybridized carbons (Fsp3) is 0.267. The number of urea groups is 1. The fourth-order valence-corrected chi connectivity index (χ4v) is 5.17. The predicted molar refractivity (Wildman–Crippen MR) is 145 cm³/mol. The maximum absolute atomic E-state index is 14.2. The second-order valence-corrected chi connectivity index (χ2v) is 10.4. The van der Waals surface area contributed by atoms with Crippen LogP contribution in [0.25, 0.3) is 22.5 Å². The molecule has 0 radical (unpaired) electrons. The molecule has 8 heteroatoms. The van der Waals surface area contributed by atoms with Crippen molar-refractivity contribution in [2.75, 3.05) is 5.32 Å². The Morgan fingerprint density at radius 1 is 1.00 bits per heavy atom. The lowest BCUT2D eigenvalue weighted by Crippen LogP contribution is -2.45. The molecule has 0 unspecified atom stereocenters. The van der Waals surface area contributed by atoms with Gasteiger partial charge in [-0.1, -0.05) is 50.2 Å². The van der Waals surface area contributed by atoms with Crippen LogP contribution in [0.15, 0.2) is 67.0 Å². The minimum atomic E-state index is -0.873. The van der Waals surface area contributed by atoms with Crippen molar-refractivity contribution in [3.05, 3.63) is 95.3 Å². The molecule has 1 aliphatic carbocycles. The summed E-state index contributed by atoms with van der Waals surface area (Å²) in [4.78, 5) is 26.8. The molecule has 5 rings (SSSR count). The largest absolute Gasteiger partial charge is 0.391 e. The minimum Gasteiger partial charge on any atom is -0.391 e. The molecule has 194 valence electrons. The van der Waals surface area contributed by atoms with Crippen LogP contribution in [-0.4, -0.2) is 32.2 Å². The number of benzene rings is 2. The van der Waals surface area contributed by atoms with Gasteiger partial charge in [0.05, 0.1) is 29.2 Å². The van der Waals surface area contributed by atoms with E-state index in [2.05, 4.69) is 20.6 Å². The molecular weight excluding hydrogens is 481 g/mol. The van der Waals surface area contributed by atoms with E-state index in [-0.39, 0.29) is 5.41 Å². The first kappa shape index (κ1) is 25.5.